The summed E-state index contributed by atoms with van der Waals surface area (Å²) in [5.41, 5.74) is 2.85. The number of thiophene rings is 1. The minimum absolute atomic E-state index is 0.0307. The molecule has 2 N–H and O–H groups in total. The van der Waals surface area contributed by atoms with Crippen molar-refractivity contribution in [3.63, 3.8) is 0 Å². The highest BCUT2D eigenvalue weighted by Crippen LogP contribution is 2.22. The van der Waals surface area contributed by atoms with E-state index in [1.54, 1.807) is 6.07 Å². The third-order valence-electron chi connectivity index (χ3n) is 3.79. The largest absolute Gasteiger partial charge is 0.455 e. The van der Waals surface area contributed by atoms with Gasteiger partial charge in [0.2, 0.25) is 5.91 Å². The molecule has 26 heavy (non-hydrogen) atoms. The topological polar surface area (TPSA) is 84.5 Å². The molecule has 0 radical (unpaired) electrons. The Hall–Kier alpha value is -2.67. The zero-order valence-electron chi connectivity index (χ0n) is 15.0. The van der Waals surface area contributed by atoms with E-state index in [2.05, 4.69) is 10.6 Å². The molecule has 1 aromatic heterocycles. The summed E-state index contributed by atoms with van der Waals surface area (Å²) in [7, 11) is 0. The fourth-order valence-corrected chi connectivity index (χ4v) is 3.12. The van der Waals surface area contributed by atoms with E-state index in [-0.39, 0.29) is 18.9 Å². The zero-order valence-corrected chi connectivity index (χ0v) is 15.8. The number of hydrogen-bond donors (Lipinski definition) is 2. The van der Waals surface area contributed by atoms with Gasteiger partial charge in [0.05, 0.1) is 12.5 Å². The number of ether oxygens (including phenoxy) is 1. The number of carbonyl (C=O) groups excluding carboxylic acids is 3. The Bertz CT molecular complexity index is 787. The maximum atomic E-state index is 12.0. The lowest BCUT2D eigenvalue weighted by atomic mass is 10.1. The van der Waals surface area contributed by atoms with Gasteiger partial charge in [-0.25, -0.2) is 0 Å². The van der Waals surface area contributed by atoms with Crippen LogP contribution in [0, 0.1) is 13.8 Å². The quantitative estimate of drug-likeness (QED) is 0.729. The fraction of sp³-hybridized carbons (Fsp3) is 0.316. The van der Waals surface area contributed by atoms with Gasteiger partial charge in [-0.05, 0) is 48.6 Å². The molecule has 0 aliphatic carbocycles. The molecule has 7 heteroatoms. The van der Waals surface area contributed by atoms with Gasteiger partial charge >= 0.3 is 5.97 Å². The van der Waals surface area contributed by atoms with E-state index in [4.69, 9.17) is 4.74 Å². The molecule has 1 unspecified atom stereocenters. The molecule has 0 spiro atoms. The molecule has 0 saturated carbocycles. The molecule has 6 nitrogen and oxygen atoms in total. The van der Waals surface area contributed by atoms with Gasteiger partial charge in [0.1, 0.15) is 0 Å². The van der Waals surface area contributed by atoms with Gasteiger partial charge in [-0.15, -0.1) is 11.3 Å². The molecule has 138 valence electrons. The second kappa shape index (κ2) is 9.15. The summed E-state index contributed by atoms with van der Waals surface area (Å²) in [5.74, 6) is -1.19. The van der Waals surface area contributed by atoms with Crippen LogP contribution in [0.1, 0.15) is 35.4 Å². The van der Waals surface area contributed by atoms with Crippen LogP contribution < -0.4 is 10.6 Å². The Labute approximate surface area is 156 Å². The zero-order chi connectivity index (χ0) is 19.1. The predicted octanol–water partition coefficient (Wildman–Crippen LogP) is 3.11. The average Bonchev–Trinajstić information content (AvgIpc) is 3.10. The molecule has 2 aromatic rings. The minimum Gasteiger partial charge on any atom is -0.455 e. The van der Waals surface area contributed by atoms with E-state index < -0.39 is 17.9 Å². The van der Waals surface area contributed by atoms with E-state index in [9.17, 15) is 14.4 Å². The number of aryl methyl sites for hydroxylation is 2. The molecular weight excluding hydrogens is 352 g/mol. The smallest absolute Gasteiger partial charge is 0.308 e. The molecule has 2 amide bonds. The third-order valence-corrected chi connectivity index (χ3v) is 4.78. The summed E-state index contributed by atoms with van der Waals surface area (Å²) >= 11 is 1.44. The number of esters is 1. The summed E-state index contributed by atoms with van der Waals surface area (Å²) < 4.78 is 5.04. The van der Waals surface area contributed by atoms with Crippen LogP contribution in [-0.4, -0.2) is 24.4 Å². The highest BCUT2D eigenvalue weighted by Gasteiger charge is 2.19. The van der Waals surface area contributed by atoms with Crippen LogP contribution in [0.25, 0.3) is 0 Å². The number of amides is 2. The molecule has 0 aliphatic heterocycles. The Kier molecular flexibility index (Phi) is 6.91. The monoisotopic (exact) mass is 374 g/mol. The Morgan fingerprint density at radius 1 is 1.15 bits per heavy atom. The van der Waals surface area contributed by atoms with Crippen molar-refractivity contribution in [3.8, 4) is 0 Å². The second-order valence-corrected chi connectivity index (χ2v) is 6.96. The SMILES string of the molecule is CC(=O)NC(CC(=O)OCC(=O)Nc1ccc(C)c(C)c1)c1cccs1. The van der Waals surface area contributed by atoms with E-state index in [0.717, 1.165) is 16.0 Å². The molecule has 0 fully saturated rings. The van der Waals surface area contributed by atoms with Gasteiger partial charge in [0.25, 0.3) is 5.91 Å². The highest BCUT2D eigenvalue weighted by atomic mass is 32.1. The van der Waals surface area contributed by atoms with Gasteiger partial charge in [0.15, 0.2) is 6.61 Å². The number of carbonyl (C=O) groups is 3. The standard InChI is InChI=1S/C19H22N2O4S/c1-12-6-7-15(9-13(12)2)21-18(23)11-25-19(24)10-16(20-14(3)22)17-5-4-8-26-17/h4-9,16H,10-11H2,1-3H3,(H,20,22)(H,21,23). The van der Waals surface area contributed by atoms with Gasteiger partial charge in [-0.3, -0.25) is 14.4 Å². The van der Waals surface area contributed by atoms with Gasteiger partial charge in [0, 0.05) is 17.5 Å². The molecule has 0 saturated heterocycles. The summed E-state index contributed by atoms with van der Waals surface area (Å²) in [6.45, 7) is 4.96. The van der Waals surface area contributed by atoms with Gasteiger partial charge < -0.3 is 15.4 Å². The molecule has 0 bridgehead atoms. The fourth-order valence-electron chi connectivity index (χ4n) is 2.35. The Morgan fingerprint density at radius 3 is 2.54 bits per heavy atom. The van der Waals surface area contributed by atoms with Crippen molar-refractivity contribution >= 4 is 34.8 Å². The van der Waals surface area contributed by atoms with E-state index >= 15 is 0 Å². The average molecular weight is 374 g/mol. The second-order valence-electron chi connectivity index (χ2n) is 5.98. The first-order chi connectivity index (χ1) is 12.3. The third kappa shape index (κ3) is 6.00. The molecule has 1 heterocycles. The molecule has 0 aliphatic rings. The lowest BCUT2D eigenvalue weighted by Gasteiger charge is -2.15. The van der Waals surface area contributed by atoms with Crippen molar-refractivity contribution in [2.24, 2.45) is 0 Å². The number of benzene rings is 1. The van der Waals surface area contributed by atoms with Crippen molar-refractivity contribution in [1.29, 1.82) is 0 Å². The number of rotatable bonds is 7. The number of hydrogen-bond acceptors (Lipinski definition) is 5. The van der Waals surface area contributed by atoms with Crippen molar-refractivity contribution < 1.29 is 19.1 Å². The van der Waals surface area contributed by atoms with Crippen LogP contribution in [-0.2, 0) is 19.1 Å². The van der Waals surface area contributed by atoms with Crippen LogP contribution in [0.5, 0.6) is 0 Å². The molecule has 2 rings (SSSR count). The number of nitrogens with one attached hydrogen (secondary N) is 2. The van der Waals surface area contributed by atoms with Gasteiger partial charge in [-0.1, -0.05) is 12.1 Å². The highest BCUT2D eigenvalue weighted by molar-refractivity contribution is 7.10. The van der Waals surface area contributed by atoms with Crippen LogP contribution >= 0.6 is 11.3 Å². The lowest BCUT2D eigenvalue weighted by molar-refractivity contribution is -0.147. The minimum atomic E-state index is -0.549. The van der Waals surface area contributed by atoms with Crippen LogP contribution in [0.4, 0.5) is 5.69 Å². The van der Waals surface area contributed by atoms with Crippen molar-refractivity contribution in [2.45, 2.75) is 33.2 Å². The maximum absolute atomic E-state index is 12.0. The lowest BCUT2D eigenvalue weighted by Crippen LogP contribution is -2.29. The van der Waals surface area contributed by atoms with E-state index in [1.807, 2.05) is 43.5 Å². The summed E-state index contributed by atoms with van der Waals surface area (Å²) in [6.07, 6.45) is -0.0307. The molecule has 1 aromatic carbocycles. The number of anilines is 1. The predicted molar refractivity (Wildman–Crippen MR) is 101 cm³/mol. The molecular formula is C19H22N2O4S. The van der Waals surface area contributed by atoms with Crippen LogP contribution in [0.2, 0.25) is 0 Å². The summed E-state index contributed by atoms with van der Waals surface area (Å²) in [4.78, 5) is 36.2. The van der Waals surface area contributed by atoms with Crippen molar-refractivity contribution in [3.05, 3.63) is 51.7 Å². The summed E-state index contributed by atoms with van der Waals surface area (Å²) in [5, 5.41) is 7.28. The van der Waals surface area contributed by atoms with Crippen molar-refractivity contribution in [2.75, 3.05) is 11.9 Å². The first-order valence-electron chi connectivity index (χ1n) is 8.18. The molecule has 1 atom stereocenters. The Balaban J connectivity index is 1.85. The summed E-state index contributed by atoms with van der Waals surface area (Å²) in [6, 6.07) is 8.80. The van der Waals surface area contributed by atoms with Gasteiger partial charge in [-0.2, -0.15) is 0 Å². The van der Waals surface area contributed by atoms with Crippen molar-refractivity contribution in [1.82, 2.24) is 5.32 Å². The first kappa shape index (κ1) is 19.7. The normalized spacial score (nSPS) is 11.5. The maximum Gasteiger partial charge on any atom is 0.308 e. The first-order valence-corrected chi connectivity index (χ1v) is 9.06. The van der Waals surface area contributed by atoms with E-state index in [0.29, 0.717) is 5.69 Å². The van der Waals surface area contributed by atoms with Crippen LogP contribution in [0.3, 0.4) is 0 Å². The Morgan fingerprint density at radius 2 is 1.92 bits per heavy atom. The van der Waals surface area contributed by atoms with E-state index in [1.165, 1.54) is 18.3 Å². The van der Waals surface area contributed by atoms with Crippen LogP contribution in [0.15, 0.2) is 35.7 Å².